The molecule has 3 aromatic carbocycles. The van der Waals surface area contributed by atoms with Gasteiger partial charge >= 0.3 is 0 Å². The molecule has 1 spiro atoms. The fraction of sp³-hybridized carbons (Fsp3) is 0.286. The molecule has 33 heavy (non-hydrogen) atoms. The normalized spacial score (nSPS) is 27.4. The summed E-state index contributed by atoms with van der Waals surface area (Å²) in [5.74, 6) is 0.250. The molecule has 3 aliphatic heterocycles. The standard InChI is InChI=1S/C28H26N2O2S/c1-26(2)18-27(3,19-11-6-4-7-12-19)21-15-10-16-22-24(21)30(26)25(32)28(22)29(23(31)17-33-28)20-13-8-5-9-14-20/h4-16H,17-18H2,1-3H3/t27-,28-/m0/s1. The quantitative estimate of drug-likeness (QED) is 0.517. The number of para-hydroxylation sites is 2. The Morgan fingerprint density at radius 3 is 2.09 bits per heavy atom. The van der Waals surface area contributed by atoms with E-state index in [0.717, 1.165) is 28.9 Å². The number of rotatable bonds is 2. The summed E-state index contributed by atoms with van der Waals surface area (Å²) < 4.78 is 0. The minimum Gasteiger partial charge on any atom is -0.303 e. The Kier molecular flexibility index (Phi) is 4.19. The average molecular weight is 455 g/mol. The van der Waals surface area contributed by atoms with E-state index in [4.69, 9.17) is 0 Å². The number of thioether (sulfide) groups is 1. The van der Waals surface area contributed by atoms with Crippen molar-refractivity contribution < 1.29 is 9.59 Å². The Hall–Kier alpha value is -3.05. The first-order valence-corrected chi connectivity index (χ1v) is 12.4. The van der Waals surface area contributed by atoms with Gasteiger partial charge in [0.25, 0.3) is 5.91 Å². The molecule has 0 bridgehead atoms. The van der Waals surface area contributed by atoms with Crippen LogP contribution in [-0.4, -0.2) is 23.1 Å². The number of carbonyl (C=O) groups is 2. The van der Waals surface area contributed by atoms with Crippen LogP contribution in [0.4, 0.5) is 11.4 Å². The lowest BCUT2D eigenvalue weighted by atomic mass is 9.65. The number of nitrogens with zero attached hydrogens (tertiary/aromatic N) is 2. The number of fused-ring (bicyclic) bond motifs is 1. The molecular weight excluding hydrogens is 428 g/mol. The van der Waals surface area contributed by atoms with Crippen LogP contribution in [0.5, 0.6) is 0 Å². The second-order valence-corrected chi connectivity index (χ2v) is 11.2. The highest BCUT2D eigenvalue weighted by Gasteiger charge is 2.65. The van der Waals surface area contributed by atoms with Gasteiger partial charge in [-0.3, -0.25) is 14.5 Å². The Balaban J connectivity index is 1.64. The molecule has 0 aliphatic carbocycles. The Morgan fingerprint density at radius 1 is 0.758 bits per heavy atom. The second kappa shape index (κ2) is 6.73. The summed E-state index contributed by atoms with van der Waals surface area (Å²) >= 11 is 1.45. The van der Waals surface area contributed by atoms with Crippen LogP contribution in [0.1, 0.15) is 43.9 Å². The van der Waals surface area contributed by atoms with E-state index in [9.17, 15) is 9.59 Å². The molecule has 1 fully saturated rings. The van der Waals surface area contributed by atoms with Gasteiger partial charge in [0, 0.05) is 22.2 Å². The number of anilines is 2. The van der Waals surface area contributed by atoms with Crippen LogP contribution in [0.25, 0.3) is 0 Å². The van der Waals surface area contributed by atoms with E-state index < -0.39 is 10.4 Å². The summed E-state index contributed by atoms with van der Waals surface area (Å²) in [5, 5.41) is 0. The van der Waals surface area contributed by atoms with E-state index in [1.165, 1.54) is 17.3 Å². The highest BCUT2D eigenvalue weighted by atomic mass is 32.2. The van der Waals surface area contributed by atoms with Gasteiger partial charge in [-0.15, -0.1) is 11.8 Å². The molecule has 166 valence electrons. The molecule has 3 heterocycles. The predicted octanol–water partition coefficient (Wildman–Crippen LogP) is 5.45. The van der Waals surface area contributed by atoms with Crippen molar-refractivity contribution >= 4 is 35.0 Å². The minimum atomic E-state index is -1.07. The van der Waals surface area contributed by atoms with Crippen LogP contribution >= 0.6 is 11.8 Å². The summed E-state index contributed by atoms with van der Waals surface area (Å²) in [7, 11) is 0. The minimum absolute atomic E-state index is 0.00948. The van der Waals surface area contributed by atoms with Gasteiger partial charge in [0.05, 0.1) is 11.4 Å². The van der Waals surface area contributed by atoms with Crippen LogP contribution in [0.2, 0.25) is 0 Å². The zero-order valence-electron chi connectivity index (χ0n) is 19.0. The van der Waals surface area contributed by atoms with Crippen LogP contribution in [0.15, 0.2) is 78.9 Å². The van der Waals surface area contributed by atoms with Crippen LogP contribution in [-0.2, 0) is 19.9 Å². The van der Waals surface area contributed by atoms with Gasteiger partial charge in [-0.1, -0.05) is 73.7 Å². The third kappa shape index (κ3) is 2.54. The van der Waals surface area contributed by atoms with Crippen LogP contribution in [0, 0.1) is 0 Å². The van der Waals surface area contributed by atoms with E-state index >= 15 is 0 Å². The first kappa shape index (κ1) is 20.5. The van der Waals surface area contributed by atoms with Crippen molar-refractivity contribution in [2.75, 3.05) is 15.6 Å². The molecule has 4 nitrogen and oxygen atoms in total. The lowest BCUT2D eigenvalue weighted by molar-refractivity contribution is -0.124. The summed E-state index contributed by atoms with van der Waals surface area (Å²) in [5.41, 5.74) is 4.42. The predicted molar refractivity (Wildman–Crippen MR) is 134 cm³/mol. The van der Waals surface area contributed by atoms with Crippen LogP contribution < -0.4 is 9.80 Å². The highest BCUT2D eigenvalue weighted by Crippen LogP contribution is 2.62. The van der Waals surface area contributed by atoms with E-state index in [0.29, 0.717) is 0 Å². The van der Waals surface area contributed by atoms with E-state index in [-0.39, 0.29) is 23.0 Å². The van der Waals surface area contributed by atoms with Crippen LogP contribution in [0.3, 0.4) is 0 Å². The maximum absolute atomic E-state index is 14.4. The van der Waals surface area contributed by atoms with Gasteiger partial charge in [-0.05, 0) is 43.5 Å². The van der Waals surface area contributed by atoms with Crippen molar-refractivity contribution in [1.29, 1.82) is 0 Å². The molecule has 2 amide bonds. The van der Waals surface area contributed by atoms with E-state index in [1.54, 1.807) is 4.90 Å². The molecule has 0 radical (unpaired) electrons. The SMILES string of the molecule is CC1(C)C[C@@](C)(c2ccccc2)c2cccc3c2N1C(=O)[C@@]31SCC(=O)N1c1ccccc1. The second-order valence-electron chi connectivity index (χ2n) is 10.0. The molecule has 1 saturated heterocycles. The summed E-state index contributed by atoms with van der Waals surface area (Å²) in [6.07, 6.45) is 0.798. The van der Waals surface area contributed by atoms with Crippen molar-refractivity contribution in [3.05, 3.63) is 95.6 Å². The summed E-state index contributed by atoms with van der Waals surface area (Å²) in [6, 6.07) is 26.4. The zero-order chi connectivity index (χ0) is 23.0. The number of hydrogen-bond donors (Lipinski definition) is 0. The van der Waals surface area contributed by atoms with Crippen molar-refractivity contribution in [2.45, 2.75) is 43.0 Å². The number of hydrogen-bond acceptors (Lipinski definition) is 3. The van der Waals surface area contributed by atoms with E-state index in [1.807, 2.05) is 47.4 Å². The molecule has 0 unspecified atom stereocenters. The van der Waals surface area contributed by atoms with Crippen molar-refractivity contribution in [1.82, 2.24) is 0 Å². The molecule has 3 aromatic rings. The lowest BCUT2D eigenvalue weighted by Crippen LogP contribution is -2.58. The average Bonchev–Trinajstić information content (AvgIpc) is 3.29. The molecular formula is C28H26N2O2S. The molecule has 2 atom stereocenters. The van der Waals surface area contributed by atoms with E-state index in [2.05, 4.69) is 57.2 Å². The monoisotopic (exact) mass is 454 g/mol. The summed E-state index contributed by atoms with van der Waals surface area (Å²) in [6.45, 7) is 6.59. The maximum Gasteiger partial charge on any atom is 0.269 e. The Labute approximate surface area is 198 Å². The Bertz CT molecular complexity index is 1290. The largest absolute Gasteiger partial charge is 0.303 e. The van der Waals surface area contributed by atoms with Gasteiger partial charge < -0.3 is 4.90 Å². The first-order chi connectivity index (χ1) is 15.8. The molecule has 0 aromatic heterocycles. The number of amides is 2. The number of carbonyl (C=O) groups excluding carboxylic acids is 2. The first-order valence-electron chi connectivity index (χ1n) is 11.4. The van der Waals surface area contributed by atoms with Gasteiger partial charge in [0.2, 0.25) is 10.8 Å². The molecule has 6 rings (SSSR count). The maximum atomic E-state index is 14.4. The topological polar surface area (TPSA) is 40.6 Å². The summed E-state index contributed by atoms with van der Waals surface area (Å²) in [4.78, 5) is 30.3. The fourth-order valence-corrected chi connectivity index (χ4v) is 7.61. The fourth-order valence-electron chi connectivity index (χ4n) is 6.28. The van der Waals surface area contributed by atoms with Gasteiger partial charge in [0.1, 0.15) is 0 Å². The molecule has 0 saturated carbocycles. The Morgan fingerprint density at radius 2 is 1.39 bits per heavy atom. The molecule has 0 N–H and O–H groups in total. The van der Waals surface area contributed by atoms with Gasteiger partial charge in [0.15, 0.2) is 0 Å². The molecule has 3 aliphatic rings. The smallest absolute Gasteiger partial charge is 0.269 e. The van der Waals surface area contributed by atoms with Crippen molar-refractivity contribution in [2.24, 2.45) is 0 Å². The third-order valence-electron chi connectivity index (χ3n) is 7.50. The van der Waals surface area contributed by atoms with Crippen molar-refractivity contribution in [3.63, 3.8) is 0 Å². The highest BCUT2D eigenvalue weighted by molar-refractivity contribution is 8.02. The van der Waals surface area contributed by atoms with Gasteiger partial charge in [-0.2, -0.15) is 0 Å². The zero-order valence-corrected chi connectivity index (χ0v) is 19.9. The van der Waals surface area contributed by atoms with Crippen molar-refractivity contribution in [3.8, 4) is 0 Å². The van der Waals surface area contributed by atoms with Gasteiger partial charge in [-0.25, -0.2) is 0 Å². The molecule has 5 heteroatoms. The lowest BCUT2D eigenvalue weighted by Gasteiger charge is -2.50. The third-order valence-corrected chi connectivity index (χ3v) is 8.88. The number of benzene rings is 3.